The summed E-state index contributed by atoms with van der Waals surface area (Å²) in [5.41, 5.74) is 5.72. The Kier molecular flexibility index (Phi) is 44.9. The summed E-state index contributed by atoms with van der Waals surface area (Å²) in [6.07, 6.45) is -5.53. The molecule has 0 saturated carbocycles. The number of carboxylic acid groups (broad SMARTS) is 5. The number of methoxy groups -OCH3 is 1. The third-order valence-electron chi connectivity index (χ3n) is 16.1. The Morgan fingerprint density at radius 3 is 1.46 bits per heavy atom. The van der Waals surface area contributed by atoms with Crippen molar-refractivity contribution in [2.75, 3.05) is 65.2 Å². The van der Waals surface area contributed by atoms with E-state index in [4.69, 9.17) is 19.9 Å². The highest BCUT2D eigenvalue weighted by molar-refractivity contribution is 7.98. The number of Topliss-reactive ketones (excluding diaryl/α,β-unsaturated/α-hetero) is 6. The molecule has 0 spiro atoms. The molecule has 1 saturated heterocycles. The van der Waals surface area contributed by atoms with Crippen LogP contribution in [-0.2, 0) is 95.7 Å². The Morgan fingerprint density at radius 1 is 0.500 bits per heavy atom. The first-order chi connectivity index (χ1) is 46.4. The van der Waals surface area contributed by atoms with Crippen molar-refractivity contribution >= 4 is 112 Å². The third kappa shape index (κ3) is 37.9. The molecule has 1 aliphatic rings. The number of rotatable bonds is 59. The maximum atomic E-state index is 14.3. The van der Waals surface area contributed by atoms with Gasteiger partial charge in [0.25, 0.3) is 0 Å². The molecule has 12 N–H and O–H groups in total. The van der Waals surface area contributed by atoms with Gasteiger partial charge in [0.05, 0.1) is 50.0 Å². The van der Waals surface area contributed by atoms with Gasteiger partial charge < -0.3 is 77.0 Å². The van der Waals surface area contributed by atoms with E-state index in [0.29, 0.717) is 31.4 Å². The van der Waals surface area contributed by atoms with Gasteiger partial charge in [-0.25, -0.2) is 0 Å². The minimum absolute atomic E-state index is 0.0241. The van der Waals surface area contributed by atoms with Crippen LogP contribution in [0.1, 0.15) is 181 Å². The number of amides is 6. The molecule has 0 bridgehead atoms. The molecular formula is C65H103N7O25S. The molecule has 1 rings (SSSR count). The fraction of sp³-hybridized carbons (Fsp3) is 0.738. The van der Waals surface area contributed by atoms with E-state index in [2.05, 4.69) is 26.6 Å². The highest BCUT2D eigenvalue weighted by atomic mass is 32.2. The van der Waals surface area contributed by atoms with Crippen LogP contribution in [0, 0.1) is 23.7 Å². The van der Waals surface area contributed by atoms with Gasteiger partial charge in [0, 0.05) is 127 Å². The zero-order valence-corrected chi connectivity index (χ0v) is 57.8. The molecule has 6 amide bonds. The molecule has 0 aromatic heterocycles. The van der Waals surface area contributed by atoms with Gasteiger partial charge in [0.2, 0.25) is 35.4 Å². The van der Waals surface area contributed by atoms with Crippen molar-refractivity contribution < 1.29 is 121 Å². The van der Waals surface area contributed by atoms with E-state index in [-0.39, 0.29) is 115 Å². The Morgan fingerprint density at radius 2 is 0.990 bits per heavy atom. The van der Waals surface area contributed by atoms with Crippen LogP contribution in [0.3, 0.4) is 0 Å². The Hall–Kier alpha value is -7.62. The summed E-state index contributed by atoms with van der Waals surface area (Å²) in [6.45, 7) is 5.50. The fourth-order valence-corrected chi connectivity index (χ4v) is 11.3. The van der Waals surface area contributed by atoms with Gasteiger partial charge in [-0.3, -0.25) is 81.5 Å². The van der Waals surface area contributed by atoms with Gasteiger partial charge in [-0.1, -0.05) is 20.8 Å². The smallest absolute Gasteiger partial charge is 0.303 e. The van der Waals surface area contributed by atoms with Crippen LogP contribution in [0.25, 0.3) is 0 Å². The van der Waals surface area contributed by atoms with Crippen LogP contribution in [0.15, 0.2) is 0 Å². The number of ether oxygens (including phenoxy) is 3. The first-order valence-electron chi connectivity index (χ1n) is 33.3. The highest BCUT2D eigenvalue weighted by Crippen LogP contribution is 2.23. The number of unbranched alkanes of at least 4 members (excludes halogenated alkanes) is 1. The zero-order valence-electron chi connectivity index (χ0n) is 56.9. The predicted octanol–water partition coefficient (Wildman–Crippen LogP) is 1.74. The van der Waals surface area contributed by atoms with Crippen molar-refractivity contribution in [1.82, 2.24) is 31.5 Å². The minimum atomic E-state index is -1.77. The summed E-state index contributed by atoms with van der Waals surface area (Å²) in [5, 5.41) is 60.6. The number of nitrogens with one attached hydrogen (secondary N) is 5. The summed E-state index contributed by atoms with van der Waals surface area (Å²) in [5.74, 6) is -19.6. The molecule has 33 heteroatoms. The molecule has 32 nitrogen and oxygen atoms in total. The number of ketones is 6. The molecular weight excluding hydrogens is 1310 g/mol. The number of nitrogens with zero attached hydrogens (tertiary/aromatic N) is 1. The van der Waals surface area contributed by atoms with E-state index < -0.39 is 226 Å². The maximum absolute atomic E-state index is 14.3. The van der Waals surface area contributed by atoms with Gasteiger partial charge in [-0.05, 0) is 95.8 Å². The number of thioether (sulfide) groups is 1. The SMILES string of the molecule is CCC(=O)[C@H](CSC)NC(=O)CCC(=O)[C@H](CC(C)C)NC(=O)[C@@H]1CCCN1C(=O)COCCCC(=O)[C@@H](CCCCN)NC(=O)[C@@H](CCC(=O)O)CC(=O)[C@@H](CCC(=O)O)NC(=O)[C@@H](CCC(=O)O)CC(=O)[C@@H](CCC(=O)O)NC(=O)[C@@H](CCC(=O)O)CC(=O)CCOCCOC. The van der Waals surface area contributed by atoms with Gasteiger partial charge in [0.1, 0.15) is 18.4 Å². The van der Waals surface area contributed by atoms with Crippen molar-refractivity contribution in [3.8, 4) is 0 Å². The topological polar surface area (TPSA) is 508 Å². The molecule has 0 unspecified atom stereocenters. The average molecular weight is 1410 g/mol. The van der Waals surface area contributed by atoms with Crippen LogP contribution in [0.2, 0.25) is 0 Å². The van der Waals surface area contributed by atoms with Crippen molar-refractivity contribution in [2.45, 2.75) is 218 Å². The Balaban J connectivity index is 3.31. The number of likely N-dealkylation sites (tertiary alicyclic amines) is 1. The maximum Gasteiger partial charge on any atom is 0.303 e. The lowest BCUT2D eigenvalue weighted by molar-refractivity contribution is -0.142. The second kappa shape index (κ2) is 49.8. The lowest BCUT2D eigenvalue weighted by Gasteiger charge is -2.27. The molecule has 0 aromatic rings. The third-order valence-corrected chi connectivity index (χ3v) is 16.8. The largest absolute Gasteiger partial charge is 0.481 e. The van der Waals surface area contributed by atoms with Crippen molar-refractivity contribution in [1.29, 1.82) is 0 Å². The van der Waals surface area contributed by atoms with E-state index in [0.717, 1.165) is 0 Å². The van der Waals surface area contributed by atoms with E-state index in [9.17, 15) is 107 Å². The number of carbonyl (C=O) groups is 17. The van der Waals surface area contributed by atoms with Crippen molar-refractivity contribution in [2.24, 2.45) is 29.4 Å². The predicted molar refractivity (Wildman–Crippen MR) is 351 cm³/mol. The lowest BCUT2D eigenvalue weighted by atomic mass is 9.89. The van der Waals surface area contributed by atoms with Gasteiger partial charge in [-0.15, -0.1) is 0 Å². The molecule has 9 atom stereocenters. The fourth-order valence-electron chi connectivity index (χ4n) is 10.7. The molecule has 98 heavy (non-hydrogen) atoms. The minimum Gasteiger partial charge on any atom is -0.481 e. The summed E-state index contributed by atoms with van der Waals surface area (Å²) in [4.78, 5) is 223. The first kappa shape index (κ1) is 88.4. The Bertz CT molecular complexity index is 2690. The van der Waals surface area contributed by atoms with Crippen LogP contribution < -0.4 is 32.3 Å². The first-order valence-corrected chi connectivity index (χ1v) is 34.6. The number of hydrogen-bond donors (Lipinski definition) is 11. The summed E-state index contributed by atoms with van der Waals surface area (Å²) in [7, 11) is 1.43. The van der Waals surface area contributed by atoms with Crippen LogP contribution >= 0.6 is 11.8 Å². The Labute approximate surface area is 574 Å². The monoisotopic (exact) mass is 1410 g/mol. The second-order valence-electron chi connectivity index (χ2n) is 24.6. The molecule has 1 heterocycles. The van der Waals surface area contributed by atoms with E-state index >= 15 is 0 Å². The number of aliphatic carboxylic acids is 5. The number of nitrogens with two attached hydrogens (primary N) is 1. The van der Waals surface area contributed by atoms with Crippen LogP contribution in [0.4, 0.5) is 0 Å². The average Bonchev–Trinajstić information content (AvgIpc) is 1.61. The lowest BCUT2D eigenvalue weighted by Crippen LogP contribution is -2.52. The number of hydrogen-bond acceptors (Lipinski definition) is 22. The molecule has 554 valence electrons. The zero-order chi connectivity index (χ0) is 73.9. The summed E-state index contributed by atoms with van der Waals surface area (Å²) in [6, 6.07) is -7.29. The highest BCUT2D eigenvalue weighted by Gasteiger charge is 2.38. The van der Waals surface area contributed by atoms with Crippen LogP contribution in [-0.4, -0.2) is 232 Å². The molecule has 1 aliphatic heterocycles. The van der Waals surface area contributed by atoms with E-state index in [1.54, 1.807) is 13.2 Å². The van der Waals surface area contributed by atoms with E-state index in [1.807, 2.05) is 13.8 Å². The van der Waals surface area contributed by atoms with Crippen LogP contribution in [0.5, 0.6) is 0 Å². The van der Waals surface area contributed by atoms with E-state index in [1.165, 1.54) is 23.8 Å². The van der Waals surface area contributed by atoms with Crippen molar-refractivity contribution in [3.63, 3.8) is 0 Å². The van der Waals surface area contributed by atoms with Gasteiger partial charge in [-0.2, -0.15) is 11.8 Å². The number of carbonyl (C=O) groups excluding carboxylic acids is 12. The molecule has 0 radical (unpaired) electrons. The standard InChI is InChI=1S/C65H103N7O25S/c1-6-50(74)48(38-98-5)67-55(79)20-19-52(76)47(33-39(2)3)71-65(94)49-12-9-28-72(49)56(80)37-97-29-10-13-51(75)44(11-7-8-27-66)68-63(92)41(15-22-58(83)84)35-54(78)46(18-25-61(89)90)70-64(93)42(16-23-59(85)86)36-53(77)45(17-24-60(87)88)69-62(91)40(14-21-57(81)82)34-43(73)26-30-96-32-31-95-4/h39-42,44-49H,6-38,66H2,1-5H3,(H,67,79)(H,68,92)(H,69,91)(H,70,93)(H,71,94)(H,81,82)(H,83,84)(H,85,86)(H,87,88)(H,89,90)/t40-,41-,42-,44+,45+,46+,47-,48-,49-/m0/s1. The van der Waals surface area contributed by atoms with Gasteiger partial charge in [0.15, 0.2) is 28.9 Å². The molecule has 0 aromatic carbocycles. The normalized spacial score (nSPS) is 15.2. The number of carboxylic acids is 5. The summed E-state index contributed by atoms with van der Waals surface area (Å²) < 4.78 is 15.8. The van der Waals surface area contributed by atoms with Crippen molar-refractivity contribution in [3.05, 3.63) is 0 Å². The molecule has 1 fully saturated rings. The van der Waals surface area contributed by atoms with Gasteiger partial charge >= 0.3 is 29.8 Å². The quantitative estimate of drug-likeness (QED) is 0.0386. The molecule has 0 aliphatic carbocycles. The second-order valence-corrected chi connectivity index (χ2v) is 25.5. The summed E-state index contributed by atoms with van der Waals surface area (Å²) >= 11 is 1.39.